The molecule has 0 saturated heterocycles. The number of benzene rings is 1. The zero-order chi connectivity index (χ0) is 12.5. The van der Waals surface area contributed by atoms with Crippen molar-refractivity contribution in [2.24, 2.45) is 0 Å². The van der Waals surface area contributed by atoms with E-state index >= 15 is 0 Å². The molecule has 0 radical (unpaired) electrons. The molecule has 1 aromatic carbocycles. The Kier molecular flexibility index (Phi) is 2.52. The number of thiophene rings is 1. The van der Waals surface area contributed by atoms with E-state index in [0.29, 0.717) is 17.1 Å². The molecule has 90 valence electrons. The van der Waals surface area contributed by atoms with Crippen LogP contribution >= 0.6 is 11.3 Å². The highest BCUT2D eigenvalue weighted by Crippen LogP contribution is 2.23. The molecular weight excluding hydrogens is 253 g/mol. The number of hydrogen-bond acceptors (Lipinski definition) is 5. The van der Waals surface area contributed by atoms with Gasteiger partial charge < -0.3 is 5.73 Å². The first-order chi connectivity index (χ1) is 8.74. The Hall–Kier alpha value is -2.28. The average Bonchev–Trinajstić information content (AvgIpc) is 2.98. The zero-order valence-corrected chi connectivity index (χ0v) is 9.93. The van der Waals surface area contributed by atoms with Gasteiger partial charge in [-0.05, 0) is 40.1 Å². The van der Waals surface area contributed by atoms with E-state index in [0.717, 1.165) is 5.69 Å². The molecule has 0 saturated carbocycles. The second-order valence-corrected chi connectivity index (χ2v) is 4.45. The van der Waals surface area contributed by atoms with Crippen molar-refractivity contribution in [3.05, 3.63) is 40.8 Å². The summed E-state index contributed by atoms with van der Waals surface area (Å²) in [6, 6.07) is 6.12. The summed E-state index contributed by atoms with van der Waals surface area (Å²) in [5, 5.41) is 15.2. The molecule has 5 nitrogen and oxygen atoms in total. The van der Waals surface area contributed by atoms with Gasteiger partial charge in [0.2, 0.25) is 0 Å². The van der Waals surface area contributed by atoms with Gasteiger partial charge in [-0.1, -0.05) is 0 Å². The lowest BCUT2D eigenvalue weighted by Gasteiger charge is -2.03. The van der Waals surface area contributed by atoms with E-state index in [9.17, 15) is 4.39 Å². The van der Waals surface area contributed by atoms with E-state index in [1.807, 2.05) is 16.8 Å². The summed E-state index contributed by atoms with van der Waals surface area (Å²) >= 11 is 1.53. The quantitative estimate of drug-likeness (QED) is 0.717. The Morgan fingerprint density at radius 3 is 2.89 bits per heavy atom. The van der Waals surface area contributed by atoms with Crippen LogP contribution in [0.1, 0.15) is 0 Å². The maximum absolute atomic E-state index is 13.3. The number of hydrogen-bond donors (Lipinski definition) is 1. The largest absolute Gasteiger partial charge is 0.399 e. The fraction of sp³-hybridized carbons (Fsp3) is 0. The van der Waals surface area contributed by atoms with Gasteiger partial charge in [-0.15, -0.1) is 5.10 Å². The standard InChI is InChI=1S/C11H8FN5S/c12-8-3-7(4-9(13)5-8)11-14-15-16-17(11)10-1-2-18-6-10/h1-6H,13H2. The van der Waals surface area contributed by atoms with Gasteiger partial charge in [0.1, 0.15) is 5.82 Å². The number of aromatic nitrogens is 4. The normalized spacial score (nSPS) is 10.7. The van der Waals surface area contributed by atoms with Gasteiger partial charge in [0.15, 0.2) is 5.82 Å². The Balaban J connectivity index is 2.15. The average molecular weight is 261 g/mol. The van der Waals surface area contributed by atoms with Crippen LogP contribution in [-0.4, -0.2) is 20.2 Å². The predicted octanol–water partition coefficient (Wildman–Crippen LogP) is 2.11. The summed E-state index contributed by atoms with van der Waals surface area (Å²) in [6.07, 6.45) is 0. The molecule has 0 aliphatic heterocycles. The molecule has 2 N–H and O–H groups in total. The Morgan fingerprint density at radius 1 is 1.28 bits per heavy atom. The minimum Gasteiger partial charge on any atom is -0.399 e. The molecular formula is C11H8FN5S. The SMILES string of the molecule is Nc1cc(F)cc(-c2nnnn2-c2ccsc2)c1. The van der Waals surface area contributed by atoms with Gasteiger partial charge >= 0.3 is 0 Å². The maximum atomic E-state index is 13.3. The van der Waals surface area contributed by atoms with Crippen LogP contribution in [0.5, 0.6) is 0 Å². The van der Waals surface area contributed by atoms with Crippen molar-refractivity contribution in [2.45, 2.75) is 0 Å². The summed E-state index contributed by atoms with van der Waals surface area (Å²) in [7, 11) is 0. The fourth-order valence-corrected chi connectivity index (χ4v) is 2.27. The molecule has 7 heteroatoms. The summed E-state index contributed by atoms with van der Waals surface area (Å²) in [4.78, 5) is 0. The first kappa shape index (κ1) is 10.8. The molecule has 0 aliphatic rings. The molecule has 3 rings (SSSR count). The molecule has 0 bridgehead atoms. The number of nitrogen functional groups attached to an aromatic ring is 1. The smallest absolute Gasteiger partial charge is 0.187 e. The highest BCUT2D eigenvalue weighted by atomic mass is 32.1. The minimum absolute atomic E-state index is 0.338. The van der Waals surface area contributed by atoms with E-state index < -0.39 is 5.82 Å². The summed E-state index contributed by atoms with van der Waals surface area (Å²) in [6.45, 7) is 0. The number of anilines is 1. The van der Waals surface area contributed by atoms with Gasteiger partial charge in [-0.25, -0.2) is 4.39 Å². The van der Waals surface area contributed by atoms with Gasteiger partial charge in [0, 0.05) is 16.6 Å². The van der Waals surface area contributed by atoms with Crippen molar-refractivity contribution in [3.8, 4) is 17.1 Å². The van der Waals surface area contributed by atoms with Crippen molar-refractivity contribution in [2.75, 3.05) is 5.73 Å². The molecule has 0 spiro atoms. The molecule has 2 aromatic heterocycles. The molecule has 0 atom stereocenters. The molecule has 0 aliphatic carbocycles. The third-order valence-electron chi connectivity index (χ3n) is 2.40. The Labute approximate surface area is 106 Å². The molecule has 3 aromatic rings. The summed E-state index contributed by atoms with van der Waals surface area (Å²) in [5.74, 6) is 0.0458. The molecule has 2 heterocycles. The number of halogens is 1. The van der Waals surface area contributed by atoms with Crippen molar-refractivity contribution in [3.63, 3.8) is 0 Å². The van der Waals surface area contributed by atoms with Crippen molar-refractivity contribution >= 4 is 17.0 Å². The highest BCUT2D eigenvalue weighted by Gasteiger charge is 2.12. The molecule has 0 amide bonds. The van der Waals surface area contributed by atoms with Crippen LogP contribution in [0.3, 0.4) is 0 Å². The predicted molar refractivity (Wildman–Crippen MR) is 66.8 cm³/mol. The first-order valence-electron chi connectivity index (χ1n) is 5.11. The second-order valence-electron chi connectivity index (χ2n) is 3.67. The van der Waals surface area contributed by atoms with Gasteiger partial charge in [0.25, 0.3) is 0 Å². The monoisotopic (exact) mass is 261 g/mol. The van der Waals surface area contributed by atoms with Crippen LogP contribution in [0.2, 0.25) is 0 Å². The third kappa shape index (κ3) is 1.84. The van der Waals surface area contributed by atoms with Gasteiger partial charge in [-0.3, -0.25) is 0 Å². The zero-order valence-electron chi connectivity index (χ0n) is 9.12. The summed E-state index contributed by atoms with van der Waals surface area (Å²) in [5.41, 5.74) is 7.34. The lowest BCUT2D eigenvalue weighted by molar-refractivity contribution is 0.628. The molecule has 0 fully saturated rings. The van der Waals surface area contributed by atoms with Gasteiger partial charge in [-0.2, -0.15) is 16.0 Å². The molecule has 18 heavy (non-hydrogen) atoms. The summed E-state index contributed by atoms with van der Waals surface area (Å²) < 4.78 is 14.9. The van der Waals surface area contributed by atoms with E-state index in [-0.39, 0.29) is 0 Å². The number of rotatable bonds is 2. The van der Waals surface area contributed by atoms with Crippen LogP contribution in [0.15, 0.2) is 35.0 Å². The topological polar surface area (TPSA) is 69.6 Å². The van der Waals surface area contributed by atoms with Crippen LogP contribution in [0.25, 0.3) is 17.1 Å². The highest BCUT2D eigenvalue weighted by molar-refractivity contribution is 7.08. The van der Waals surface area contributed by atoms with E-state index in [2.05, 4.69) is 15.5 Å². The fourth-order valence-electron chi connectivity index (χ4n) is 1.66. The van der Waals surface area contributed by atoms with Crippen molar-refractivity contribution in [1.29, 1.82) is 0 Å². The van der Waals surface area contributed by atoms with Gasteiger partial charge in [0.05, 0.1) is 5.69 Å². The minimum atomic E-state index is -0.412. The number of nitrogens with zero attached hydrogens (tertiary/aromatic N) is 4. The van der Waals surface area contributed by atoms with Crippen molar-refractivity contribution < 1.29 is 4.39 Å². The van der Waals surface area contributed by atoms with E-state index in [1.54, 1.807) is 10.7 Å². The third-order valence-corrected chi connectivity index (χ3v) is 3.07. The number of tetrazole rings is 1. The Morgan fingerprint density at radius 2 is 2.17 bits per heavy atom. The van der Waals surface area contributed by atoms with Crippen LogP contribution in [0, 0.1) is 5.82 Å². The Bertz CT molecular complexity index is 656. The van der Waals surface area contributed by atoms with Crippen LogP contribution in [0.4, 0.5) is 10.1 Å². The maximum Gasteiger partial charge on any atom is 0.187 e. The number of nitrogens with two attached hydrogens (primary N) is 1. The van der Waals surface area contributed by atoms with E-state index in [1.165, 1.54) is 23.5 Å². The van der Waals surface area contributed by atoms with Crippen molar-refractivity contribution in [1.82, 2.24) is 20.2 Å². The van der Waals surface area contributed by atoms with Crippen LogP contribution in [-0.2, 0) is 0 Å². The lowest BCUT2D eigenvalue weighted by atomic mass is 10.2. The lowest BCUT2D eigenvalue weighted by Crippen LogP contribution is -1.99. The second kappa shape index (κ2) is 4.19. The first-order valence-corrected chi connectivity index (χ1v) is 6.06. The van der Waals surface area contributed by atoms with Crippen LogP contribution < -0.4 is 5.73 Å². The van der Waals surface area contributed by atoms with E-state index in [4.69, 9.17) is 5.73 Å². The molecule has 0 unspecified atom stereocenters.